The summed E-state index contributed by atoms with van der Waals surface area (Å²) < 4.78 is 11.0. The molecule has 0 amide bonds. The highest BCUT2D eigenvalue weighted by Gasteiger charge is 2.56. The smallest absolute Gasteiger partial charge is 0.302 e. The number of rotatable bonds is 5. The topological polar surface area (TPSA) is 69.7 Å². The Bertz CT molecular complexity index is 616. The van der Waals surface area contributed by atoms with Crippen molar-refractivity contribution in [1.29, 1.82) is 0 Å². The normalized spacial score (nSPS) is 43.1. The van der Waals surface area contributed by atoms with Gasteiger partial charge in [-0.05, 0) is 73.5 Å². The SMILES string of the molecule is CC(=O)OC[C@H]1C2CCC[C@@]2(C)CCC1[C@@]1(C)CC[C@H](OC(C)=O)C[C@@H]1C=O. The van der Waals surface area contributed by atoms with E-state index < -0.39 is 0 Å². The van der Waals surface area contributed by atoms with Crippen LogP contribution in [0.5, 0.6) is 0 Å². The van der Waals surface area contributed by atoms with E-state index in [9.17, 15) is 14.4 Å². The van der Waals surface area contributed by atoms with E-state index in [1.54, 1.807) is 0 Å². The van der Waals surface area contributed by atoms with Crippen LogP contribution in [0, 0.1) is 34.5 Å². The molecule has 28 heavy (non-hydrogen) atoms. The lowest BCUT2D eigenvalue weighted by Gasteiger charge is -2.55. The van der Waals surface area contributed by atoms with Gasteiger partial charge in [-0.25, -0.2) is 0 Å². The van der Waals surface area contributed by atoms with Gasteiger partial charge < -0.3 is 14.3 Å². The molecule has 7 atom stereocenters. The van der Waals surface area contributed by atoms with Crippen molar-refractivity contribution in [3.63, 3.8) is 0 Å². The Balaban J connectivity index is 1.84. The van der Waals surface area contributed by atoms with Crippen molar-refractivity contribution in [2.24, 2.45) is 34.5 Å². The largest absolute Gasteiger partial charge is 0.466 e. The van der Waals surface area contributed by atoms with Crippen LogP contribution in [0.4, 0.5) is 0 Å². The second-order valence-electron chi connectivity index (χ2n) is 10.0. The average molecular weight is 393 g/mol. The maximum atomic E-state index is 12.1. The van der Waals surface area contributed by atoms with Crippen LogP contribution in [-0.2, 0) is 23.9 Å². The molecule has 0 heterocycles. The molecule has 0 aliphatic heterocycles. The van der Waals surface area contributed by atoms with Gasteiger partial charge in [0.25, 0.3) is 0 Å². The molecule has 0 radical (unpaired) electrons. The van der Waals surface area contributed by atoms with E-state index in [2.05, 4.69) is 13.8 Å². The molecule has 0 saturated heterocycles. The Morgan fingerprint density at radius 1 is 1.00 bits per heavy atom. The third-order valence-electron chi connectivity index (χ3n) is 8.41. The van der Waals surface area contributed by atoms with E-state index in [0.29, 0.717) is 36.2 Å². The van der Waals surface area contributed by atoms with Crippen molar-refractivity contribution < 1.29 is 23.9 Å². The van der Waals surface area contributed by atoms with Crippen LogP contribution >= 0.6 is 0 Å². The Hall–Kier alpha value is -1.39. The first kappa shape index (κ1) is 21.3. The number of aldehydes is 1. The predicted molar refractivity (Wildman–Crippen MR) is 105 cm³/mol. The summed E-state index contributed by atoms with van der Waals surface area (Å²) >= 11 is 0. The molecular formula is C23H36O5. The maximum absolute atomic E-state index is 12.1. The van der Waals surface area contributed by atoms with Crippen molar-refractivity contribution in [2.75, 3.05) is 6.61 Å². The number of carbonyl (C=O) groups is 3. The average Bonchev–Trinajstić information content (AvgIpc) is 3.02. The van der Waals surface area contributed by atoms with Crippen molar-refractivity contribution in [2.45, 2.75) is 85.2 Å². The Morgan fingerprint density at radius 3 is 2.39 bits per heavy atom. The molecule has 3 saturated carbocycles. The number of fused-ring (bicyclic) bond motifs is 1. The Morgan fingerprint density at radius 2 is 1.75 bits per heavy atom. The lowest BCUT2D eigenvalue weighted by atomic mass is 9.50. The number of carbonyl (C=O) groups excluding carboxylic acids is 3. The second kappa shape index (κ2) is 8.16. The quantitative estimate of drug-likeness (QED) is 0.515. The van der Waals surface area contributed by atoms with Gasteiger partial charge >= 0.3 is 11.9 Å². The van der Waals surface area contributed by atoms with E-state index in [1.807, 2.05) is 0 Å². The summed E-state index contributed by atoms with van der Waals surface area (Å²) in [7, 11) is 0. The van der Waals surface area contributed by atoms with Gasteiger partial charge in [-0.2, -0.15) is 0 Å². The van der Waals surface area contributed by atoms with Crippen LogP contribution < -0.4 is 0 Å². The van der Waals surface area contributed by atoms with Crippen LogP contribution in [0.3, 0.4) is 0 Å². The van der Waals surface area contributed by atoms with Gasteiger partial charge in [0.05, 0.1) is 6.61 Å². The fourth-order valence-electron chi connectivity index (χ4n) is 6.89. The first-order valence-corrected chi connectivity index (χ1v) is 11.0. The zero-order chi connectivity index (χ0) is 20.5. The lowest BCUT2D eigenvalue weighted by Crippen LogP contribution is -2.52. The molecule has 3 aliphatic rings. The molecule has 5 heteroatoms. The molecule has 0 aromatic rings. The first-order chi connectivity index (χ1) is 13.2. The highest BCUT2D eigenvalue weighted by Crippen LogP contribution is 2.62. The summed E-state index contributed by atoms with van der Waals surface area (Å²) in [4.78, 5) is 35.0. The van der Waals surface area contributed by atoms with Crippen LogP contribution in [0.1, 0.15) is 79.1 Å². The monoisotopic (exact) mass is 392 g/mol. The predicted octanol–water partition coefficient (Wildman–Crippen LogP) is 4.32. The minimum absolute atomic E-state index is 0.124. The summed E-state index contributed by atoms with van der Waals surface area (Å²) in [5.74, 6) is 0.603. The van der Waals surface area contributed by atoms with E-state index in [-0.39, 0.29) is 29.4 Å². The zero-order valence-corrected chi connectivity index (χ0v) is 17.9. The first-order valence-electron chi connectivity index (χ1n) is 11.0. The molecule has 3 aliphatic carbocycles. The van der Waals surface area contributed by atoms with Crippen LogP contribution in [0.2, 0.25) is 0 Å². The van der Waals surface area contributed by atoms with E-state index in [1.165, 1.54) is 39.5 Å². The zero-order valence-electron chi connectivity index (χ0n) is 17.9. The van der Waals surface area contributed by atoms with Crippen LogP contribution in [0.25, 0.3) is 0 Å². The number of esters is 2. The van der Waals surface area contributed by atoms with Crippen LogP contribution in [-0.4, -0.2) is 30.9 Å². The standard InChI is InChI=1S/C23H36O5/c1-15(25)27-14-19-20-6-5-9-22(20,3)10-8-21(19)23(4)11-7-18(28-16(2)26)12-17(23)13-24/h13,17-21H,5-12,14H2,1-4H3/t17-,18+,19+,20?,21?,22+,23+/m1/s1. The third kappa shape index (κ3) is 3.99. The minimum atomic E-state index is -0.273. The Labute approximate surface area is 168 Å². The molecule has 0 aromatic carbocycles. The lowest BCUT2D eigenvalue weighted by molar-refractivity contribution is -0.159. The van der Waals surface area contributed by atoms with Crippen molar-refractivity contribution >= 4 is 18.2 Å². The van der Waals surface area contributed by atoms with Gasteiger partial charge in [-0.3, -0.25) is 9.59 Å². The van der Waals surface area contributed by atoms with Gasteiger partial charge in [-0.15, -0.1) is 0 Å². The van der Waals surface area contributed by atoms with Crippen molar-refractivity contribution in [3.8, 4) is 0 Å². The highest BCUT2D eigenvalue weighted by molar-refractivity contribution is 5.66. The molecule has 3 rings (SSSR count). The summed E-state index contributed by atoms with van der Waals surface area (Å²) in [6.45, 7) is 8.03. The molecule has 3 fully saturated rings. The number of ether oxygens (including phenoxy) is 2. The summed E-state index contributed by atoms with van der Waals surface area (Å²) in [5.41, 5.74) is 0.205. The highest BCUT2D eigenvalue weighted by atomic mass is 16.5. The summed E-state index contributed by atoms with van der Waals surface area (Å²) in [6, 6.07) is 0. The number of hydrogen-bond donors (Lipinski definition) is 0. The van der Waals surface area contributed by atoms with Gasteiger partial charge in [0.1, 0.15) is 12.4 Å². The molecule has 5 nitrogen and oxygen atoms in total. The second-order valence-corrected chi connectivity index (χ2v) is 10.0. The fourth-order valence-corrected chi connectivity index (χ4v) is 6.89. The summed E-state index contributed by atoms with van der Waals surface area (Å²) in [6.07, 6.45) is 9.17. The molecule has 0 spiro atoms. The van der Waals surface area contributed by atoms with Crippen LogP contribution in [0.15, 0.2) is 0 Å². The van der Waals surface area contributed by atoms with E-state index in [0.717, 1.165) is 25.5 Å². The van der Waals surface area contributed by atoms with Crippen molar-refractivity contribution in [1.82, 2.24) is 0 Å². The molecule has 158 valence electrons. The van der Waals surface area contributed by atoms with Gasteiger partial charge in [0.2, 0.25) is 0 Å². The fraction of sp³-hybridized carbons (Fsp3) is 0.870. The van der Waals surface area contributed by atoms with Gasteiger partial charge in [0, 0.05) is 19.8 Å². The van der Waals surface area contributed by atoms with E-state index in [4.69, 9.17) is 9.47 Å². The molecular weight excluding hydrogens is 356 g/mol. The maximum Gasteiger partial charge on any atom is 0.302 e. The molecule has 2 unspecified atom stereocenters. The Kier molecular flexibility index (Phi) is 6.21. The third-order valence-corrected chi connectivity index (χ3v) is 8.41. The van der Waals surface area contributed by atoms with Gasteiger partial charge in [0.15, 0.2) is 0 Å². The van der Waals surface area contributed by atoms with Crippen molar-refractivity contribution in [3.05, 3.63) is 0 Å². The van der Waals surface area contributed by atoms with Gasteiger partial charge in [-0.1, -0.05) is 20.3 Å². The molecule has 0 N–H and O–H groups in total. The number of hydrogen-bond acceptors (Lipinski definition) is 5. The molecule has 0 aromatic heterocycles. The van der Waals surface area contributed by atoms with E-state index >= 15 is 0 Å². The molecule has 0 bridgehead atoms. The summed E-state index contributed by atoms with van der Waals surface area (Å²) in [5, 5.41) is 0. The minimum Gasteiger partial charge on any atom is -0.466 e.